The summed E-state index contributed by atoms with van der Waals surface area (Å²) in [6.45, 7) is 0. The number of nitrogen functional groups attached to an aromatic ring is 1. The Labute approximate surface area is 79.5 Å². The molecule has 0 aliphatic heterocycles. The maximum absolute atomic E-state index is 12.8. The summed E-state index contributed by atoms with van der Waals surface area (Å²) in [5, 5.41) is 17.5. The number of rotatable bonds is 2. The van der Waals surface area contributed by atoms with Crippen molar-refractivity contribution in [2.45, 2.75) is 0 Å². The minimum atomic E-state index is -1.82. The van der Waals surface area contributed by atoms with E-state index in [9.17, 15) is 9.18 Å². The van der Waals surface area contributed by atoms with Gasteiger partial charge in [0, 0.05) is 5.56 Å². The summed E-state index contributed by atoms with van der Waals surface area (Å²) >= 11 is 0. The van der Waals surface area contributed by atoms with Gasteiger partial charge in [0.15, 0.2) is 0 Å². The molecular formula is C7H8BFN2O3. The van der Waals surface area contributed by atoms with E-state index < -0.39 is 18.8 Å². The minimum absolute atomic E-state index is 0.0735. The second kappa shape index (κ2) is 4.18. The molecule has 0 atom stereocenters. The zero-order valence-electron chi connectivity index (χ0n) is 7.07. The molecule has 0 fully saturated rings. The van der Waals surface area contributed by atoms with Crippen molar-refractivity contribution in [3.63, 3.8) is 0 Å². The molecule has 74 valence electrons. The van der Waals surface area contributed by atoms with Crippen molar-refractivity contribution in [1.29, 1.82) is 0 Å². The fourth-order valence-corrected chi connectivity index (χ4v) is 0.976. The standard InChI is InChI=1S/C7H8BFN2O3/c9-6-2-4(7(12)11-10)1-5(3-6)8(13)14/h1-3,13-14H,10H2,(H,11,12). The molecule has 1 aromatic carbocycles. The van der Waals surface area contributed by atoms with Crippen molar-refractivity contribution in [1.82, 2.24) is 5.43 Å². The van der Waals surface area contributed by atoms with E-state index in [0.29, 0.717) is 0 Å². The molecule has 7 heteroatoms. The summed E-state index contributed by atoms with van der Waals surface area (Å²) in [4.78, 5) is 11.0. The summed E-state index contributed by atoms with van der Waals surface area (Å²) < 4.78 is 12.8. The lowest BCUT2D eigenvalue weighted by molar-refractivity contribution is 0.0953. The molecule has 14 heavy (non-hydrogen) atoms. The molecule has 0 radical (unpaired) electrons. The van der Waals surface area contributed by atoms with Crippen molar-refractivity contribution in [2.24, 2.45) is 5.84 Å². The molecule has 1 amide bonds. The van der Waals surface area contributed by atoms with Crippen LogP contribution >= 0.6 is 0 Å². The number of hydrogen-bond acceptors (Lipinski definition) is 4. The highest BCUT2D eigenvalue weighted by atomic mass is 19.1. The van der Waals surface area contributed by atoms with Crippen LogP contribution in [0.4, 0.5) is 4.39 Å². The Morgan fingerprint density at radius 1 is 1.43 bits per heavy atom. The van der Waals surface area contributed by atoms with E-state index in [0.717, 1.165) is 18.2 Å². The zero-order valence-corrected chi connectivity index (χ0v) is 7.07. The molecule has 0 heterocycles. The maximum atomic E-state index is 12.8. The smallest absolute Gasteiger partial charge is 0.423 e. The number of halogens is 1. The monoisotopic (exact) mass is 198 g/mol. The van der Waals surface area contributed by atoms with Crippen molar-refractivity contribution < 1.29 is 19.2 Å². The van der Waals surface area contributed by atoms with E-state index in [-0.39, 0.29) is 11.0 Å². The first-order chi connectivity index (χ1) is 6.54. The van der Waals surface area contributed by atoms with Crippen LogP contribution in [-0.2, 0) is 0 Å². The number of carbonyl (C=O) groups excluding carboxylic acids is 1. The van der Waals surface area contributed by atoms with Gasteiger partial charge in [-0.3, -0.25) is 10.2 Å². The third-order valence-corrected chi connectivity index (χ3v) is 1.61. The van der Waals surface area contributed by atoms with Crippen LogP contribution in [0.25, 0.3) is 0 Å². The largest absolute Gasteiger partial charge is 0.488 e. The number of amides is 1. The highest BCUT2D eigenvalue weighted by molar-refractivity contribution is 6.58. The summed E-state index contributed by atoms with van der Waals surface area (Å²) in [5.74, 6) is 3.39. The van der Waals surface area contributed by atoms with Gasteiger partial charge in [-0.05, 0) is 23.7 Å². The molecule has 0 unspecified atom stereocenters. The van der Waals surface area contributed by atoms with Gasteiger partial charge in [-0.25, -0.2) is 10.2 Å². The summed E-state index contributed by atoms with van der Waals surface area (Å²) in [7, 11) is -1.82. The summed E-state index contributed by atoms with van der Waals surface area (Å²) in [5.41, 5.74) is 1.62. The SMILES string of the molecule is NNC(=O)c1cc(F)cc(B(O)O)c1. The van der Waals surface area contributed by atoms with E-state index in [1.807, 2.05) is 0 Å². The molecule has 5 N–H and O–H groups in total. The number of hydrogen-bond donors (Lipinski definition) is 4. The van der Waals surface area contributed by atoms with Crippen molar-refractivity contribution in [3.05, 3.63) is 29.6 Å². The lowest BCUT2D eigenvalue weighted by Crippen LogP contribution is -2.34. The molecule has 1 aromatic rings. The van der Waals surface area contributed by atoms with Crippen LogP contribution in [0.5, 0.6) is 0 Å². The number of benzene rings is 1. The van der Waals surface area contributed by atoms with Crippen molar-refractivity contribution in [3.8, 4) is 0 Å². The van der Waals surface area contributed by atoms with Crippen LogP contribution in [0.2, 0.25) is 0 Å². The third-order valence-electron chi connectivity index (χ3n) is 1.61. The first-order valence-corrected chi connectivity index (χ1v) is 3.72. The third kappa shape index (κ3) is 2.29. The van der Waals surface area contributed by atoms with Crippen molar-refractivity contribution >= 4 is 18.5 Å². The van der Waals surface area contributed by atoms with Crippen LogP contribution < -0.4 is 16.7 Å². The van der Waals surface area contributed by atoms with Crippen LogP contribution in [0, 0.1) is 5.82 Å². The van der Waals surface area contributed by atoms with Gasteiger partial charge in [0.05, 0.1) is 0 Å². The highest BCUT2D eigenvalue weighted by Crippen LogP contribution is 2.01. The van der Waals surface area contributed by atoms with E-state index >= 15 is 0 Å². The Morgan fingerprint density at radius 2 is 2.07 bits per heavy atom. The number of nitrogens with one attached hydrogen (secondary N) is 1. The average molecular weight is 198 g/mol. The highest BCUT2D eigenvalue weighted by Gasteiger charge is 2.15. The van der Waals surface area contributed by atoms with E-state index in [1.165, 1.54) is 0 Å². The van der Waals surface area contributed by atoms with Gasteiger partial charge < -0.3 is 10.0 Å². The number of nitrogens with two attached hydrogens (primary N) is 1. The van der Waals surface area contributed by atoms with Gasteiger partial charge in [-0.1, -0.05) is 0 Å². The van der Waals surface area contributed by atoms with Gasteiger partial charge in [-0.15, -0.1) is 0 Å². The fraction of sp³-hybridized carbons (Fsp3) is 0. The number of hydrazine groups is 1. The molecule has 0 aliphatic rings. The summed E-state index contributed by atoms with van der Waals surface area (Å²) in [6, 6.07) is 2.99. The topological polar surface area (TPSA) is 95.6 Å². The Morgan fingerprint density at radius 3 is 2.57 bits per heavy atom. The molecule has 0 bridgehead atoms. The van der Waals surface area contributed by atoms with E-state index in [4.69, 9.17) is 15.9 Å². The van der Waals surface area contributed by atoms with Gasteiger partial charge in [0.25, 0.3) is 5.91 Å². The predicted octanol–water partition coefficient (Wildman–Crippen LogP) is -1.89. The first-order valence-electron chi connectivity index (χ1n) is 3.72. The van der Waals surface area contributed by atoms with Crippen LogP contribution in [0.1, 0.15) is 10.4 Å². The average Bonchev–Trinajstić information content (AvgIpc) is 2.15. The van der Waals surface area contributed by atoms with Crippen molar-refractivity contribution in [2.75, 3.05) is 0 Å². The van der Waals surface area contributed by atoms with Gasteiger partial charge >= 0.3 is 7.12 Å². The zero-order chi connectivity index (χ0) is 10.7. The van der Waals surface area contributed by atoms with Gasteiger partial charge in [0.1, 0.15) is 5.82 Å². The Balaban J connectivity index is 3.13. The minimum Gasteiger partial charge on any atom is -0.423 e. The number of carbonyl (C=O) groups is 1. The molecule has 0 saturated carbocycles. The Bertz CT molecular complexity index is 359. The Hall–Kier alpha value is -1.44. The van der Waals surface area contributed by atoms with E-state index in [1.54, 1.807) is 5.43 Å². The van der Waals surface area contributed by atoms with Gasteiger partial charge in [-0.2, -0.15) is 0 Å². The molecule has 0 saturated heterocycles. The molecule has 0 aliphatic carbocycles. The fourth-order valence-electron chi connectivity index (χ4n) is 0.976. The molecule has 5 nitrogen and oxygen atoms in total. The second-order valence-corrected chi connectivity index (χ2v) is 2.62. The molecule has 0 spiro atoms. The Kier molecular flexibility index (Phi) is 3.18. The van der Waals surface area contributed by atoms with E-state index in [2.05, 4.69) is 0 Å². The lowest BCUT2D eigenvalue weighted by Gasteiger charge is -2.03. The summed E-state index contributed by atoms with van der Waals surface area (Å²) in [6.07, 6.45) is 0. The normalized spacial score (nSPS) is 9.71. The molecular weight excluding hydrogens is 190 g/mol. The molecule has 1 rings (SSSR count). The predicted molar refractivity (Wildman–Crippen MR) is 47.9 cm³/mol. The first kappa shape index (κ1) is 10.6. The van der Waals surface area contributed by atoms with Crippen LogP contribution in [0.3, 0.4) is 0 Å². The van der Waals surface area contributed by atoms with Crippen LogP contribution in [-0.4, -0.2) is 23.1 Å². The van der Waals surface area contributed by atoms with Gasteiger partial charge in [0.2, 0.25) is 0 Å². The maximum Gasteiger partial charge on any atom is 0.488 e. The lowest BCUT2D eigenvalue weighted by atomic mass is 9.79. The quantitative estimate of drug-likeness (QED) is 0.193. The second-order valence-electron chi connectivity index (χ2n) is 2.62. The molecule has 0 aromatic heterocycles. The van der Waals surface area contributed by atoms with Crippen LogP contribution in [0.15, 0.2) is 18.2 Å².